The third kappa shape index (κ3) is 4.79. The Morgan fingerprint density at radius 2 is 2.09 bits per heavy atom. The third-order valence-electron chi connectivity index (χ3n) is 4.47. The number of unbranched alkanes of at least 4 members (excludes halogenated alkanes) is 1. The van der Waals surface area contributed by atoms with E-state index in [1.165, 1.54) is 29.7 Å². The van der Waals surface area contributed by atoms with Crippen LogP contribution in [0.2, 0.25) is 0 Å². The molecule has 0 aliphatic heterocycles. The van der Waals surface area contributed by atoms with Crippen LogP contribution in [-0.4, -0.2) is 30.4 Å². The van der Waals surface area contributed by atoms with E-state index in [2.05, 4.69) is 30.1 Å². The second kappa shape index (κ2) is 9.05. The van der Waals surface area contributed by atoms with E-state index in [9.17, 15) is 10.1 Å². The van der Waals surface area contributed by atoms with Crippen LogP contribution in [-0.2, 0) is 17.6 Å². The van der Waals surface area contributed by atoms with Crippen molar-refractivity contribution in [1.82, 2.24) is 4.90 Å². The molecule has 23 heavy (non-hydrogen) atoms. The molecule has 0 atom stereocenters. The molecule has 126 valence electrons. The first kappa shape index (κ1) is 18.0. The summed E-state index contributed by atoms with van der Waals surface area (Å²) in [5.74, 6) is 0.0232. The highest BCUT2D eigenvalue weighted by molar-refractivity contribution is 7.16. The van der Waals surface area contributed by atoms with E-state index in [-0.39, 0.29) is 5.91 Å². The van der Waals surface area contributed by atoms with Crippen molar-refractivity contribution in [1.29, 1.82) is 5.26 Å². The van der Waals surface area contributed by atoms with Crippen molar-refractivity contribution in [2.24, 2.45) is 0 Å². The monoisotopic (exact) mass is 333 g/mol. The Hall–Kier alpha value is -1.38. The van der Waals surface area contributed by atoms with Gasteiger partial charge in [0.1, 0.15) is 11.1 Å². The minimum Gasteiger partial charge on any atom is -0.317 e. The lowest BCUT2D eigenvalue weighted by Gasteiger charge is -2.19. The number of amides is 1. The topological polar surface area (TPSA) is 56.1 Å². The van der Waals surface area contributed by atoms with Gasteiger partial charge in [-0.25, -0.2) is 0 Å². The molecule has 1 heterocycles. The lowest BCUT2D eigenvalue weighted by molar-refractivity contribution is -0.116. The summed E-state index contributed by atoms with van der Waals surface area (Å²) >= 11 is 1.60. The maximum Gasteiger partial charge on any atom is 0.226 e. The van der Waals surface area contributed by atoms with Gasteiger partial charge in [-0.15, -0.1) is 11.3 Å². The largest absolute Gasteiger partial charge is 0.317 e. The van der Waals surface area contributed by atoms with Gasteiger partial charge in [-0.1, -0.05) is 20.3 Å². The van der Waals surface area contributed by atoms with E-state index in [0.29, 0.717) is 12.0 Å². The van der Waals surface area contributed by atoms with Gasteiger partial charge in [0, 0.05) is 17.8 Å². The molecule has 4 nitrogen and oxygen atoms in total. The third-order valence-corrected chi connectivity index (χ3v) is 5.67. The highest BCUT2D eigenvalue weighted by atomic mass is 32.1. The number of anilines is 1. The number of carbonyl (C=O) groups excluding carboxylic acids is 1. The van der Waals surface area contributed by atoms with Crippen molar-refractivity contribution in [3.63, 3.8) is 0 Å². The summed E-state index contributed by atoms with van der Waals surface area (Å²) in [6.07, 6.45) is 7.20. The number of thiophene rings is 1. The number of carbonyl (C=O) groups is 1. The molecule has 0 radical (unpaired) electrons. The van der Waals surface area contributed by atoms with Gasteiger partial charge in [0.15, 0.2) is 0 Å². The molecule has 0 aromatic carbocycles. The predicted molar refractivity (Wildman–Crippen MR) is 95.9 cm³/mol. The van der Waals surface area contributed by atoms with E-state index in [4.69, 9.17) is 0 Å². The summed E-state index contributed by atoms with van der Waals surface area (Å²) in [4.78, 5) is 15.9. The van der Waals surface area contributed by atoms with Gasteiger partial charge < -0.3 is 10.2 Å². The minimum absolute atomic E-state index is 0.0232. The zero-order valence-corrected chi connectivity index (χ0v) is 15.1. The van der Waals surface area contributed by atoms with E-state index in [1.807, 2.05) is 0 Å². The molecule has 1 aromatic heterocycles. The van der Waals surface area contributed by atoms with E-state index in [1.54, 1.807) is 11.3 Å². The number of fused-ring (bicyclic) bond motifs is 1. The Kier molecular flexibility index (Phi) is 7.07. The van der Waals surface area contributed by atoms with E-state index < -0.39 is 0 Å². The Labute approximate surface area is 143 Å². The molecule has 0 spiro atoms. The van der Waals surface area contributed by atoms with Crippen LogP contribution in [0.15, 0.2) is 0 Å². The van der Waals surface area contributed by atoms with Crippen LogP contribution in [0.1, 0.15) is 62.0 Å². The second-order valence-corrected chi connectivity index (χ2v) is 7.22. The van der Waals surface area contributed by atoms with Gasteiger partial charge in [-0.2, -0.15) is 5.26 Å². The molecule has 0 unspecified atom stereocenters. The number of rotatable bonds is 8. The molecule has 1 N–H and O–H groups in total. The zero-order valence-electron chi connectivity index (χ0n) is 14.3. The summed E-state index contributed by atoms with van der Waals surface area (Å²) in [5.41, 5.74) is 1.88. The standard InChI is InChI=1S/C18H27N3OS/c1-3-5-11-21(4-2)12-10-17(22)20-18-15(13-19)14-8-6-7-9-16(14)23-18/h3-12H2,1-2H3,(H,20,22). The van der Waals surface area contributed by atoms with Gasteiger partial charge in [-0.3, -0.25) is 4.79 Å². The van der Waals surface area contributed by atoms with Gasteiger partial charge in [0.2, 0.25) is 5.91 Å². The molecule has 0 saturated heterocycles. The van der Waals surface area contributed by atoms with Crippen molar-refractivity contribution in [3.05, 3.63) is 16.0 Å². The molecule has 5 heteroatoms. The fourth-order valence-electron chi connectivity index (χ4n) is 3.03. The fourth-order valence-corrected chi connectivity index (χ4v) is 4.29. The van der Waals surface area contributed by atoms with Crippen LogP contribution in [0.25, 0.3) is 0 Å². The summed E-state index contributed by atoms with van der Waals surface area (Å²) in [6, 6.07) is 2.30. The van der Waals surface area contributed by atoms with Crippen LogP contribution < -0.4 is 5.32 Å². The molecule has 0 saturated carbocycles. The molecule has 1 amide bonds. The van der Waals surface area contributed by atoms with Crippen LogP contribution in [0.5, 0.6) is 0 Å². The highest BCUT2D eigenvalue weighted by Gasteiger charge is 2.21. The second-order valence-electron chi connectivity index (χ2n) is 6.11. The molecule has 1 aromatic rings. The summed E-state index contributed by atoms with van der Waals surface area (Å²) in [7, 11) is 0. The van der Waals surface area contributed by atoms with Crippen molar-refractivity contribution >= 4 is 22.2 Å². The quantitative estimate of drug-likeness (QED) is 0.783. The smallest absolute Gasteiger partial charge is 0.226 e. The predicted octanol–water partition coefficient (Wildman–Crippen LogP) is 3.95. The molecular weight excluding hydrogens is 306 g/mol. The lowest BCUT2D eigenvalue weighted by atomic mass is 9.96. The van der Waals surface area contributed by atoms with Gasteiger partial charge >= 0.3 is 0 Å². The van der Waals surface area contributed by atoms with Crippen LogP contribution in [0.3, 0.4) is 0 Å². The first-order valence-electron chi connectivity index (χ1n) is 8.76. The molecule has 0 bridgehead atoms. The average molecular weight is 334 g/mol. The Morgan fingerprint density at radius 1 is 1.30 bits per heavy atom. The Morgan fingerprint density at radius 3 is 2.78 bits per heavy atom. The molecule has 1 aliphatic carbocycles. The van der Waals surface area contributed by atoms with Gasteiger partial charge in [0.25, 0.3) is 0 Å². The summed E-state index contributed by atoms with van der Waals surface area (Å²) < 4.78 is 0. The highest BCUT2D eigenvalue weighted by Crippen LogP contribution is 2.37. The number of nitrogens with one attached hydrogen (secondary N) is 1. The molecule has 0 fully saturated rings. The first-order chi connectivity index (χ1) is 11.2. The molecule has 2 rings (SSSR count). The summed E-state index contributed by atoms with van der Waals surface area (Å²) in [5, 5.41) is 13.2. The van der Waals surface area contributed by atoms with Crippen LogP contribution in [0, 0.1) is 11.3 Å². The van der Waals surface area contributed by atoms with E-state index in [0.717, 1.165) is 43.9 Å². The number of nitrogens with zero attached hydrogens (tertiary/aromatic N) is 2. The number of hydrogen-bond donors (Lipinski definition) is 1. The average Bonchev–Trinajstić information content (AvgIpc) is 2.91. The SMILES string of the molecule is CCCCN(CC)CCC(=O)Nc1sc2c(c1C#N)CCCC2. The van der Waals surface area contributed by atoms with Crippen molar-refractivity contribution in [3.8, 4) is 6.07 Å². The number of nitriles is 1. The lowest BCUT2D eigenvalue weighted by Crippen LogP contribution is -2.28. The molecule has 1 aliphatic rings. The van der Waals surface area contributed by atoms with Gasteiger partial charge in [-0.05, 0) is 50.8 Å². The van der Waals surface area contributed by atoms with Gasteiger partial charge in [0.05, 0.1) is 5.56 Å². The number of aryl methyl sites for hydroxylation is 1. The maximum absolute atomic E-state index is 12.2. The van der Waals surface area contributed by atoms with Crippen molar-refractivity contribution < 1.29 is 4.79 Å². The van der Waals surface area contributed by atoms with Crippen molar-refractivity contribution in [2.45, 2.75) is 58.8 Å². The number of hydrogen-bond acceptors (Lipinski definition) is 4. The van der Waals surface area contributed by atoms with Crippen LogP contribution >= 0.6 is 11.3 Å². The van der Waals surface area contributed by atoms with Crippen LogP contribution in [0.4, 0.5) is 5.00 Å². The van der Waals surface area contributed by atoms with Crippen molar-refractivity contribution in [2.75, 3.05) is 25.0 Å². The van der Waals surface area contributed by atoms with E-state index >= 15 is 0 Å². The fraction of sp³-hybridized carbons (Fsp3) is 0.667. The Balaban J connectivity index is 1.93. The minimum atomic E-state index is 0.0232. The zero-order chi connectivity index (χ0) is 16.7. The summed E-state index contributed by atoms with van der Waals surface area (Å²) in [6.45, 7) is 7.13. The maximum atomic E-state index is 12.2. The Bertz CT molecular complexity index is 574. The first-order valence-corrected chi connectivity index (χ1v) is 9.58. The molecular formula is C18H27N3OS. The normalized spacial score (nSPS) is 13.7.